The fraction of sp³-hybridized carbons (Fsp3) is 0.250. The molecule has 2 aromatic rings. The average Bonchev–Trinajstić information content (AvgIpc) is 2.41. The Kier molecular flexibility index (Phi) is 10.9. The van der Waals surface area contributed by atoms with Crippen molar-refractivity contribution in [2.45, 2.75) is 12.5 Å². The van der Waals surface area contributed by atoms with E-state index in [1.165, 1.54) is 7.11 Å². The average molecular weight is 420 g/mol. The second kappa shape index (κ2) is 10.1. The van der Waals surface area contributed by atoms with Gasteiger partial charge in [0.05, 0.1) is 22.8 Å². The first kappa shape index (κ1) is 22.6. The predicted molar refractivity (Wildman–Crippen MR) is 92.7 cm³/mol. The molecule has 1 atom stereocenters. The zero-order chi connectivity index (χ0) is 13.1. The summed E-state index contributed by atoms with van der Waals surface area (Å²) in [5.74, 6) is -0.447. The molecule has 0 aliphatic heterocycles. The van der Waals surface area contributed by atoms with Gasteiger partial charge in [0.2, 0.25) is 0 Å². The van der Waals surface area contributed by atoms with Crippen molar-refractivity contribution >= 4 is 70.0 Å². The lowest BCUT2D eigenvalue weighted by molar-refractivity contribution is -0.142. The molecule has 2 rings (SSSR count). The Balaban J connectivity index is 0. The Hall–Kier alpha value is -0.660. The van der Waals surface area contributed by atoms with Crippen molar-refractivity contribution in [1.82, 2.24) is 9.97 Å². The molecule has 0 aromatic carbocycles. The van der Waals surface area contributed by atoms with Gasteiger partial charge in [0, 0.05) is 24.2 Å². The van der Waals surface area contributed by atoms with Gasteiger partial charge in [0.15, 0.2) is 0 Å². The summed E-state index contributed by atoms with van der Waals surface area (Å²) in [7, 11) is 1.32. The SMILES string of the molecule is COC(=O)[C@@H](N)Cc1ncc(Br)c2ncccc12.Cl.Cl.Cl. The van der Waals surface area contributed by atoms with Crippen LogP contribution in [0.25, 0.3) is 10.9 Å². The number of aromatic nitrogens is 2. The molecule has 2 heterocycles. The van der Waals surface area contributed by atoms with Crippen molar-refractivity contribution < 1.29 is 9.53 Å². The largest absolute Gasteiger partial charge is 0.468 e. The van der Waals surface area contributed by atoms with E-state index in [-0.39, 0.29) is 37.2 Å². The molecule has 0 bridgehead atoms. The van der Waals surface area contributed by atoms with Crippen LogP contribution in [0.1, 0.15) is 5.69 Å². The topological polar surface area (TPSA) is 78.1 Å². The number of fused-ring (bicyclic) bond motifs is 1. The molecular weight excluding hydrogens is 404 g/mol. The van der Waals surface area contributed by atoms with E-state index < -0.39 is 12.0 Å². The first-order valence-electron chi connectivity index (χ1n) is 5.35. The van der Waals surface area contributed by atoms with Crippen LogP contribution in [0, 0.1) is 0 Å². The summed E-state index contributed by atoms with van der Waals surface area (Å²) in [5, 5.41) is 0.881. The molecule has 2 N–H and O–H groups in total. The van der Waals surface area contributed by atoms with Gasteiger partial charge in [-0.3, -0.25) is 14.8 Å². The highest BCUT2D eigenvalue weighted by molar-refractivity contribution is 9.10. The number of nitrogens with zero attached hydrogens (tertiary/aromatic N) is 2. The normalized spacial score (nSPS) is 10.6. The predicted octanol–water partition coefficient (Wildman–Crippen LogP) is 2.70. The van der Waals surface area contributed by atoms with E-state index in [0.717, 1.165) is 21.1 Å². The molecule has 0 fully saturated rings. The number of pyridine rings is 2. The van der Waals surface area contributed by atoms with Gasteiger partial charge in [-0.05, 0) is 28.1 Å². The molecule has 0 saturated carbocycles. The van der Waals surface area contributed by atoms with Gasteiger partial charge in [0.25, 0.3) is 0 Å². The monoisotopic (exact) mass is 417 g/mol. The maximum atomic E-state index is 11.3. The summed E-state index contributed by atoms with van der Waals surface area (Å²) >= 11 is 3.39. The molecule has 0 radical (unpaired) electrons. The molecule has 0 aliphatic rings. The number of carbonyl (C=O) groups excluding carboxylic acids is 1. The summed E-state index contributed by atoms with van der Waals surface area (Å²) in [6.45, 7) is 0. The lowest BCUT2D eigenvalue weighted by Gasteiger charge is -2.10. The van der Waals surface area contributed by atoms with E-state index in [9.17, 15) is 4.79 Å². The Morgan fingerprint density at radius 2 is 2.05 bits per heavy atom. The van der Waals surface area contributed by atoms with Crippen molar-refractivity contribution in [3.63, 3.8) is 0 Å². The van der Waals surface area contributed by atoms with Crippen LogP contribution in [0.15, 0.2) is 29.0 Å². The van der Waals surface area contributed by atoms with Gasteiger partial charge in [-0.25, -0.2) is 0 Å². The Bertz CT molecular complexity index is 601. The maximum Gasteiger partial charge on any atom is 0.323 e. The first-order chi connectivity index (χ1) is 8.63. The van der Waals surface area contributed by atoms with Gasteiger partial charge in [-0.1, -0.05) is 0 Å². The van der Waals surface area contributed by atoms with Gasteiger partial charge < -0.3 is 10.5 Å². The van der Waals surface area contributed by atoms with Crippen LogP contribution in [0.2, 0.25) is 0 Å². The first-order valence-corrected chi connectivity index (χ1v) is 6.14. The summed E-state index contributed by atoms with van der Waals surface area (Å²) in [6, 6.07) is 3.01. The summed E-state index contributed by atoms with van der Waals surface area (Å²) in [6.07, 6.45) is 3.69. The molecule has 0 unspecified atom stereocenters. The number of methoxy groups -OCH3 is 1. The number of nitrogens with two attached hydrogens (primary N) is 1. The van der Waals surface area contributed by atoms with E-state index in [1.807, 2.05) is 12.1 Å². The van der Waals surface area contributed by atoms with E-state index in [0.29, 0.717) is 6.42 Å². The smallest absolute Gasteiger partial charge is 0.323 e. The molecule has 9 heteroatoms. The molecule has 0 saturated heterocycles. The number of hydrogen-bond acceptors (Lipinski definition) is 5. The summed E-state index contributed by atoms with van der Waals surface area (Å²) in [5.41, 5.74) is 7.28. The lowest BCUT2D eigenvalue weighted by atomic mass is 10.1. The van der Waals surface area contributed by atoms with Crippen LogP contribution in [0.5, 0.6) is 0 Å². The third-order valence-electron chi connectivity index (χ3n) is 2.60. The van der Waals surface area contributed by atoms with Crippen LogP contribution in [0.3, 0.4) is 0 Å². The lowest BCUT2D eigenvalue weighted by Crippen LogP contribution is -2.34. The molecule has 21 heavy (non-hydrogen) atoms. The minimum Gasteiger partial charge on any atom is -0.468 e. The number of carbonyl (C=O) groups is 1. The number of rotatable bonds is 3. The van der Waals surface area contributed by atoms with Crippen molar-refractivity contribution in [2.75, 3.05) is 7.11 Å². The fourth-order valence-corrected chi connectivity index (χ4v) is 2.12. The van der Waals surface area contributed by atoms with E-state index >= 15 is 0 Å². The highest BCUT2D eigenvalue weighted by Gasteiger charge is 2.17. The van der Waals surface area contributed by atoms with Crippen molar-refractivity contribution in [3.8, 4) is 0 Å². The number of ether oxygens (including phenoxy) is 1. The quantitative estimate of drug-likeness (QED) is 0.774. The molecule has 0 spiro atoms. The molecular formula is C12H15BrCl3N3O2. The van der Waals surface area contributed by atoms with E-state index in [1.54, 1.807) is 12.4 Å². The third-order valence-corrected chi connectivity index (χ3v) is 3.18. The second-order valence-corrected chi connectivity index (χ2v) is 4.64. The van der Waals surface area contributed by atoms with E-state index in [2.05, 4.69) is 30.6 Å². The molecule has 0 amide bonds. The van der Waals surface area contributed by atoms with Crippen molar-refractivity contribution in [3.05, 3.63) is 34.7 Å². The van der Waals surface area contributed by atoms with Gasteiger partial charge in [0.1, 0.15) is 6.04 Å². The van der Waals surface area contributed by atoms with Crippen LogP contribution >= 0.6 is 53.2 Å². The van der Waals surface area contributed by atoms with E-state index in [4.69, 9.17) is 5.73 Å². The highest BCUT2D eigenvalue weighted by atomic mass is 79.9. The minimum absolute atomic E-state index is 0. The number of halogens is 4. The van der Waals surface area contributed by atoms with Crippen LogP contribution < -0.4 is 5.73 Å². The fourth-order valence-electron chi connectivity index (χ4n) is 1.70. The van der Waals surface area contributed by atoms with Gasteiger partial charge in [-0.15, -0.1) is 37.2 Å². The minimum atomic E-state index is -0.716. The van der Waals surface area contributed by atoms with Crippen LogP contribution in [0.4, 0.5) is 0 Å². The number of hydrogen-bond donors (Lipinski definition) is 1. The van der Waals surface area contributed by atoms with Crippen LogP contribution in [-0.4, -0.2) is 29.1 Å². The van der Waals surface area contributed by atoms with Gasteiger partial charge >= 0.3 is 5.97 Å². The van der Waals surface area contributed by atoms with Crippen molar-refractivity contribution in [2.24, 2.45) is 5.73 Å². The highest BCUT2D eigenvalue weighted by Crippen LogP contribution is 2.23. The zero-order valence-electron chi connectivity index (χ0n) is 11.0. The summed E-state index contributed by atoms with van der Waals surface area (Å²) in [4.78, 5) is 19.9. The Morgan fingerprint density at radius 3 is 2.67 bits per heavy atom. The number of esters is 1. The van der Waals surface area contributed by atoms with Crippen LogP contribution in [-0.2, 0) is 16.0 Å². The second-order valence-electron chi connectivity index (χ2n) is 3.79. The van der Waals surface area contributed by atoms with Crippen molar-refractivity contribution in [1.29, 1.82) is 0 Å². The molecule has 5 nitrogen and oxygen atoms in total. The zero-order valence-corrected chi connectivity index (χ0v) is 15.0. The Labute approximate surface area is 149 Å². The Morgan fingerprint density at radius 1 is 1.38 bits per heavy atom. The van der Waals surface area contributed by atoms with Gasteiger partial charge in [-0.2, -0.15) is 0 Å². The standard InChI is InChI=1S/C12H12BrN3O2.3ClH/c1-18-12(17)9(14)5-10-7-3-2-4-15-11(7)8(13)6-16-10;;;/h2-4,6,9H,5,14H2,1H3;3*1H/t9-;;;/m0.../s1. The maximum absolute atomic E-state index is 11.3. The summed E-state index contributed by atoms with van der Waals surface area (Å²) < 4.78 is 5.42. The molecule has 0 aliphatic carbocycles. The third kappa shape index (κ3) is 5.23. The molecule has 118 valence electrons. The molecule has 2 aromatic heterocycles.